The van der Waals surface area contributed by atoms with Crippen LogP contribution in [0.2, 0.25) is 0 Å². The number of hydrogen-bond acceptors (Lipinski definition) is 3. The lowest BCUT2D eigenvalue weighted by Crippen LogP contribution is -2.38. The number of rotatable bonds is 3. The zero-order chi connectivity index (χ0) is 12.4. The summed E-state index contributed by atoms with van der Waals surface area (Å²) in [4.78, 5) is 17.9. The maximum Gasteiger partial charge on any atom is 0.223 e. The van der Waals surface area contributed by atoms with Crippen molar-refractivity contribution < 1.29 is 4.79 Å². The molecule has 1 amide bonds. The van der Waals surface area contributed by atoms with Gasteiger partial charge in [0.25, 0.3) is 0 Å². The highest BCUT2D eigenvalue weighted by atomic mass is 32.1. The van der Waals surface area contributed by atoms with Crippen molar-refractivity contribution in [1.82, 2.24) is 10.3 Å². The Bertz CT molecular complexity index is 414. The number of nitrogens with zero attached hydrogens (tertiary/aromatic N) is 1. The molecule has 0 saturated heterocycles. The van der Waals surface area contributed by atoms with Gasteiger partial charge in [-0.2, -0.15) is 0 Å². The number of hydrogen-bond donors (Lipinski definition) is 1. The van der Waals surface area contributed by atoms with Crippen LogP contribution in [0.4, 0.5) is 0 Å². The summed E-state index contributed by atoms with van der Waals surface area (Å²) in [6, 6.07) is 0.284. The molecule has 1 aromatic rings. The lowest BCUT2D eigenvalue weighted by atomic mass is 9.90. The molecule has 1 aliphatic carbocycles. The highest BCUT2D eigenvalue weighted by Gasteiger charge is 2.27. The average molecular weight is 252 g/mol. The van der Waals surface area contributed by atoms with Gasteiger partial charge in [0, 0.05) is 16.8 Å². The fraction of sp³-hybridized carbons (Fsp3) is 0.692. The van der Waals surface area contributed by atoms with Crippen LogP contribution in [0.3, 0.4) is 0 Å². The van der Waals surface area contributed by atoms with E-state index >= 15 is 0 Å². The van der Waals surface area contributed by atoms with Crippen LogP contribution < -0.4 is 5.32 Å². The molecular weight excluding hydrogens is 232 g/mol. The second-order valence-corrected chi connectivity index (χ2v) is 6.15. The van der Waals surface area contributed by atoms with Crippen LogP contribution in [0.15, 0.2) is 0 Å². The Balaban J connectivity index is 1.99. The fourth-order valence-corrected chi connectivity index (χ4v) is 3.25. The summed E-state index contributed by atoms with van der Waals surface area (Å²) in [5.41, 5.74) is 1.22. The predicted molar refractivity (Wildman–Crippen MR) is 70.3 cm³/mol. The summed E-state index contributed by atoms with van der Waals surface area (Å²) < 4.78 is 0. The molecular formula is C13H20N2OS. The Morgan fingerprint density at radius 3 is 3.12 bits per heavy atom. The number of fused-ring (bicyclic) bond motifs is 1. The molecule has 0 spiro atoms. The van der Waals surface area contributed by atoms with Crippen molar-refractivity contribution >= 4 is 17.2 Å². The van der Waals surface area contributed by atoms with E-state index in [0.717, 1.165) is 30.7 Å². The molecule has 4 heteroatoms. The van der Waals surface area contributed by atoms with Gasteiger partial charge in [0.1, 0.15) is 0 Å². The van der Waals surface area contributed by atoms with Crippen LogP contribution in [0.5, 0.6) is 0 Å². The van der Waals surface area contributed by atoms with Gasteiger partial charge in [0.15, 0.2) is 0 Å². The van der Waals surface area contributed by atoms with Gasteiger partial charge in [0.2, 0.25) is 5.91 Å². The van der Waals surface area contributed by atoms with E-state index in [1.54, 1.807) is 11.3 Å². The summed E-state index contributed by atoms with van der Waals surface area (Å²) in [7, 11) is 0. The Labute approximate surface area is 107 Å². The molecule has 1 heterocycles. The van der Waals surface area contributed by atoms with Gasteiger partial charge in [-0.1, -0.05) is 6.92 Å². The van der Waals surface area contributed by atoms with Gasteiger partial charge < -0.3 is 5.32 Å². The molecule has 94 valence electrons. The van der Waals surface area contributed by atoms with Crippen LogP contribution in [0.1, 0.15) is 42.3 Å². The van der Waals surface area contributed by atoms with Gasteiger partial charge in [0.05, 0.1) is 10.7 Å². The maximum atomic E-state index is 12.1. The Morgan fingerprint density at radius 2 is 2.41 bits per heavy atom. The summed E-state index contributed by atoms with van der Waals surface area (Å²) in [6.45, 7) is 6.19. The standard InChI is InChI=1S/C13H20N2OS/c1-4-8(2)14-13(16)10-5-6-11-12(7-10)17-9(3)15-11/h8,10H,4-7H2,1-3H3,(H,14,16). The van der Waals surface area contributed by atoms with Gasteiger partial charge in [-0.3, -0.25) is 4.79 Å². The molecule has 0 radical (unpaired) electrons. The molecule has 0 aromatic carbocycles. The number of amides is 1. The van der Waals surface area contributed by atoms with Crippen LogP contribution in [0, 0.1) is 12.8 Å². The number of aryl methyl sites for hydroxylation is 2. The molecule has 2 atom stereocenters. The van der Waals surface area contributed by atoms with E-state index in [1.807, 2.05) is 6.92 Å². The van der Waals surface area contributed by atoms with Gasteiger partial charge in [-0.15, -0.1) is 11.3 Å². The third-order valence-electron chi connectivity index (χ3n) is 3.42. The second kappa shape index (κ2) is 5.17. The minimum Gasteiger partial charge on any atom is -0.353 e. The molecule has 0 saturated carbocycles. The quantitative estimate of drug-likeness (QED) is 0.898. The first kappa shape index (κ1) is 12.6. The van der Waals surface area contributed by atoms with Crippen LogP contribution in [-0.4, -0.2) is 16.9 Å². The molecule has 1 aliphatic rings. The molecule has 1 N–H and O–H groups in total. The predicted octanol–water partition coefficient (Wildman–Crippen LogP) is 2.47. The van der Waals surface area contributed by atoms with E-state index in [9.17, 15) is 4.79 Å². The highest BCUT2D eigenvalue weighted by Crippen LogP contribution is 2.29. The minimum absolute atomic E-state index is 0.149. The first-order chi connectivity index (χ1) is 8.10. The molecule has 3 nitrogen and oxygen atoms in total. The molecule has 0 fully saturated rings. The van der Waals surface area contributed by atoms with Crippen molar-refractivity contribution in [3.63, 3.8) is 0 Å². The SMILES string of the molecule is CCC(C)NC(=O)C1CCc2nc(C)sc2C1. The molecule has 2 rings (SSSR count). The lowest BCUT2D eigenvalue weighted by molar-refractivity contribution is -0.125. The van der Waals surface area contributed by atoms with Crippen molar-refractivity contribution in [3.05, 3.63) is 15.6 Å². The summed E-state index contributed by atoms with van der Waals surface area (Å²) in [6.07, 6.45) is 3.77. The summed E-state index contributed by atoms with van der Waals surface area (Å²) in [5, 5.41) is 4.21. The second-order valence-electron chi connectivity index (χ2n) is 4.86. The molecule has 17 heavy (non-hydrogen) atoms. The van der Waals surface area contributed by atoms with Gasteiger partial charge >= 0.3 is 0 Å². The van der Waals surface area contributed by atoms with Crippen molar-refractivity contribution in [1.29, 1.82) is 0 Å². The highest BCUT2D eigenvalue weighted by molar-refractivity contribution is 7.11. The zero-order valence-electron chi connectivity index (χ0n) is 10.7. The smallest absolute Gasteiger partial charge is 0.223 e. The van der Waals surface area contributed by atoms with E-state index in [0.29, 0.717) is 0 Å². The van der Waals surface area contributed by atoms with Crippen LogP contribution in [-0.2, 0) is 17.6 Å². The van der Waals surface area contributed by atoms with Gasteiger partial charge in [-0.25, -0.2) is 4.98 Å². The fourth-order valence-electron chi connectivity index (χ4n) is 2.19. The van der Waals surface area contributed by atoms with E-state index in [4.69, 9.17) is 0 Å². The van der Waals surface area contributed by atoms with E-state index in [2.05, 4.69) is 24.1 Å². The molecule has 1 aromatic heterocycles. The van der Waals surface area contributed by atoms with Crippen molar-refractivity contribution in [3.8, 4) is 0 Å². The topological polar surface area (TPSA) is 42.0 Å². The summed E-state index contributed by atoms with van der Waals surface area (Å²) >= 11 is 1.74. The summed E-state index contributed by atoms with van der Waals surface area (Å²) in [5.74, 6) is 0.368. The average Bonchev–Trinajstić information content (AvgIpc) is 2.67. The van der Waals surface area contributed by atoms with E-state index in [1.165, 1.54) is 10.6 Å². The van der Waals surface area contributed by atoms with Crippen molar-refractivity contribution in [2.24, 2.45) is 5.92 Å². The van der Waals surface area contributed by atoms with Crippen molar-refractivity contribution in [2.75, 3.05) is 0 Å². The van der Waals surface area contributed by atoms with Crippen molar-refractivity contribution in [2.45, 2.75) is 52.5 Å². The van der Waals surface area contributed by atoms with Gasteiger partial charge in [-0.05, 0) is 39.5 Å². The Morgan fingerprint density at radius 1 is 1.65 bits per heavy atom. The molecule has 0 bridgehead atoms. The first-order valence-electron chi connectivity index (χ1n) is 6.35. The number of carbonyl (C=O) groups is 1. The van der Waals surface area contributed by atoms with E-state index in [-0.39, 0.29) is 17.9 Å². The molecule has 2 unspecified atom stereocenters. The molecule has 0 aliphatic heterocycles. The first-order valence-corrected chi connectivity index (χ1v) is 7.17. The Hall–Kier alpha value is -0.900. The monoisotopic (exact) mass is 252 g/mol. The third-order valence-corrected chi connectivity index (χ3v) is 4.45. The number of carbonyl (C=O) groups excluding carboxylic acids is 1. The lowest BCUT2D eigenvalue weighted by Gasteiger charge is -2.22. The Kier molecular flexibility index (Phi) is 3.82. The minimum atomic E-state index is 0.149. The normalized spacial score (nSPS) is 20.8. The largest absolute Gasteiger partial charge is 0.353 e. The zero-order valence-corrected chi connectivity index (χ0v) is 11.6. The number of aromatic nitrogens is 1. The van der Waals surface area contributed by atoms with E-state index < -0.39 is 0 Å². The number of thiazole rings is 1. The number of nitrogens with one attached hydrogen (secondary N) is 1. The maximum absolute atomic E-state index is 12.1. The van der Waals surface area contributed by atoms with Crippen LogP contribution in [0.25, 0.3) is 0 Å². The third kappa shape index (κ3) is 2.86. The van der Waals surface area contributed by atoms with Crippen LogP contribution >= 0.6 is 11.3 Å².